The number of para-hydroxylation sites is 2. The van der Waals surface area contributed by atoms with Crippen molar-refractivity contribution < 1.29 is 14.3 Å². The fourth-order valence-electron chi connectivity index (χ4n) is 3.49. The number of hydrogen-bond acceptors (Lipinski definition) is 4. The number of amides is 1. The van der Waals surface area contributed by atoms with E-state index >= 15 is 0 Å². The van der Waals surface area contributed by atoms with Crippen LogP contribution in [0.2, 0.25) is 0 Å². The summed E-state index contributed by atoms with van der Waals surface area (Å²) in [5.74, 6) is -0.708. The number of benzene rings is 2. The number of aromatic nitrogens is 2. The van der Waals surface area contributed by atoms with Crippen LogP contribution < -0.4 is 5.32 Å². The van der Waals surface area contributed by atoms with Gasteiger partial charge in [-0.2, -0.15) is 0 Å². The van der Waals surface area contributed by atoms with E-state index in [4.69, 9.17) is 4.74 Å². The van der Waals surface area contributed by atoms with Crippen molar-refractivity contribution in [2.24, 2.45) is 0 Å². The van der Waals surface area contributed by atoms with Crippen molar-refractivity contribution in [3.8, 4) is 0 Å². The van der Waals surface area contributed by atoms with Crippen LogP contribution in [0.25, 0.3) is 11.0 Å². The Morgan fingerprint density at radius 3 is 2.89 bits per heavy atom. The molecule has 1 aliphatic heterocycles. The monoisotopic (exact) mass is 363 g/mol. The molecule has 4 rings (SSSR count). The molecule has 1 unspecified atom stereocenters. The summed E-state index contributed by atoms with van der Waals surface area (Å²) in [6, 6.07) is 15.2. The molecule has 0 spiro atoms. The molecule has 2 heterocycles. The number of hydrogen-bond donors (Lipinski definition) is 1. The highest BCUT2D eigenvalue weighted by Crippen LogP contribution is 2.28. The molecule has 1 aliphatic rings. The molecule has 0 saturated carbocycles. The minimum atomic E-state index is -1.17. The van der Waals surface area contributed by atoms with E-state index < -0.39 is 11.6 Å². The molecule has 2 aromatic carbocycles. The Kier molecular flexibility index (Phi) is 4.39. The summed E-state index contributed by atoms with van der Waals surface area (Å²) in [6.45, 7) is 2.92. The van der Waals surface area contributed by atoms with Gasteiger partial charge in [0, 0.05) is 19.5 Å². The molecule has 0 bridgehead atoms. The predicted molar refractivity (Wildman–Crippen MR) is 101 cm³/mol. The molecule has 0 saturated heterocycles. The summed E-state index contributed by atoms with van der Waals surface area (Å²) in [4.78, 5) is 29.2. The Morgan fingerprint density at radius 1 is 1.22 bits per heavy atom. The van der Waals surface area contributed by atoms with Crippen molar-refractivity contribution in [1.29, 1.82) is 0 Å². The van der Waals surface area contributed by atoms with Gasteiger partial charge in [0.25, 0.3) is 5.91 Å². The topological polar surface area (TPSA) is 73.2 Å². The lowest BCUT2D eigenvalue weighted by Crippen LogP contribution is -2.51. The molecule has 1 amide bonds. The number of carbonyl (C=O) groups excluding carboxylic acids is 2. The zero-order valence-electron chi connectivity index (χ0n) is 15.1. The number of ether oxygens (including phenoxy) is 1. The lowest BCUT2D eigenvalue weighted by Gasteiger charge is -2.33. The summed E-state index contributed by atoms with van der Waals surface area (Å²) in [5, 5.41) is 2.90. The molecule has 27 heavy (non-hydrogen) atoms. The maximum absolute atomic E-state index is 12.6. The number of rotatable bonds is 5. The third-order valence-electron chi connectivity index (χ3n) is 4.95. The number of carbonyl (C=O) groups is 2. The van der Waals surface area contributed by atoms with Gasteiger partial charge in [-0.05, 0) is 37.1 Å². The Labute approximate surface area is 157 Å². The molecule has 0 aliphatic carbocycles. The highest BCUT2D eigenvalue weighted by Gasteiger charge is 2.42. The summed E-state index contributed by atoms with van der Waals surface area (Å²) in [6.07, 6.45) is 2.95. The van der Waals surface area contributed by atoms with E-state index in [1.165, 1.54) is 0 Å². The molecule has 6 heteroatoms. The van der Waals surface area contributed by atoms with Gasteiger partial charge in [0.05, 0.1) is 22.9 Å². The lowest BCUT2D eigenvalue weighted by atomic mass is 9.89. The van der Waals surface area contributed by atoms with Gasteiger partial charge in [-0.3, -0.25) is 4.79 Å². The van der Waals surface area contributed by atoms with E-state index in [9.17, 15) is 9.59 Å². The predicted octanol–water partition coefficient (Wildman–Crippen LogP) is 2.71. The Bertz CT molecular complexity index is 1010. The summed E-state index contributed by atoms with van der Waals surface area (Å²) >= 11 is 0. The van der Waals surface area contributed by atoms with E-state index in [1.54, 1.807) is 19.1 Å². The van der Waals surface area contributed by atoms with Crippen molar-refractivity contribution in [3.63, 3.8) is 0 Å². The van der Waals surface area contributed by atoms with Crippen molar-refractivity contribution in [2.45, 2.75) is 31.9 Å². The van der Waals surface area contributed by atoms with Gasteiger partial charge in [0.1, 0.15) is 0 Å². The van der Waals surface area contributed by atoms with Crippen LogP contribution in [0.3, 0.4) is 0 Å². The van der Waals surface area contributed by atoms with Crippen LogP contribution in [0.1, 0.15) is 29.3 Å². The first kappa shape index (κ1) is 17.3. The molecule has 3 aromatic rings. The zero-order valence-corrected chi connectivity index (χ0v) is 15.1. The second-order valence-electron chi connectivity index (χ2n) is 6.99. The summed E-state index contributed by atoms with van der Waals surface area (Å²) in [5.41, 5.74) is 2.24. The SMILES string of the molecule is CC1(C(=O)NCCCn2cnc3ccccc32)Cc2ccccc2C(=O)O1. The molecule has 1 N–H and O–H groups in total. The van der Waals surface area contributed by atoms with Crippen LogP contribution >= 0.6 is 0 Å². The smallest absolute Gasteiger partial charge is 0.339 e. The second-order valence-corrected chi connectivity index (χ2v) is 6.99. The van der Waals surface area contributed by atoms with Crippen molar-refractivity contribution in [3.05, 3.63) is 66.0 Å². The first-order valence-corrected chi connectivity index (χ1v) is 9.06. The van der Waals surface area contributed by atoms with Gasteiger partial charge in [-0.25, -0.2) is 9.78 Å². The zero-order chi connectivity index (χ0) is 18.9. The van der Waals surface area contributed by atoms with E-state index in [1.807, 2.05) is 42.7 Å². The van der Waals surface area contributed by atoms with Gasteiger partial charge in [-0.1, -0.05) is 30.3 Å². The van der Waals surface area contributed by atoms with Crippen molar-refractivity contribution in [2.75, 3.05) is 6.54 Å². The molecule has 6 nitrogen and oxygen atoms in total. The number of cyclic esters (lactones) is 1. The van der Waals surface area contributed by atoms with Gasteiger partial charge in [-0.15, -0.1) is 0 Å². The van der Waals surface area contributed by atoms with Gasteiger partial charge in [0.15, 0.2) is 5.60 Å². The Hall–Kier alpha value is -3.15. The summed E-state index contributed by atoms with van der Waals surface area (Å²) in [7, 11) is 0. The molecule has 138 valence electrons. The van der Waals surface area contributed by atoms with E-state index in [0.29, 0.717) is 18.5 Å². The second kappa shape index (κ2) is 6.87. The average molecular weight is 363 g/mol. The normalized spacial score (nSPS) is 18.8. The number of imidazole rings is 1. The fourth-order valence-corrected chi connectivity index (χ4v) is 3.49. The quantitative estimate of drug-likeness (QED) is 0.559. The van der Waals surface area contributed by atoms with Gasteiger partial charge in [0.2, 0.25) is 0 Å². The maximum atomic E-state index is 12.6. The van der Waals surface area contributed by atoms with Crippen molar-refractivity contribution >= 4 is 22.9 Å². The highest BCUT2D eigenvalue weighted by atomic mass is 16.6. The molecule has 0 fully saturated rings. The third-order valence-corrected chi connectivity index (χ3v) is 4.95. The van der Waals surface area contributed by atoms with Crippen molar-refractivity contribution in [1.82, 2.24) is 14.9 Å². The fraction of sp³-hybridized carbons (Fsp3) is 0.286. The Morgan fingerprint density at radius 2 is 2.00 bits per heavy atom. The lowest BCUT2D eigenvalue weighted by molar-refractivity contribution is -0.139. The van der Waals surface area contributed by atoms with Crippen LogP contribution in [0, 0.1) is 0 Å². The highest BCUT2D eigenvalue weighted by molar-refractivity contribution is 5.97. The minimum absolute atomic E-state index is 0.263. The van der Waals surface area contributed by atoms with Crippen LogP contribution in [0.15, 0.2) is 54.9 Å². The van der Waals surface area contributed by atoms with E-state index in [0.717, 1.165) is 29.6 Å². The number of nitrogens with zero attached hydrogens (tertiary/aromatic N) is 2. The standard InChI is InChI=1S/C21H21N3O3/c1-21(13-15-7-2-3-8-16(15)19(25)27-21)20(26)22-11-6-12-24-14-23-17-9-4-5-10-18(17)24/h2-5,7-10,14H,6,11-13H2,1H3,(H,22,26). The molecule has 1 aromatic heterocycles. The third kappa shape index (κ3) is 3.30. The van der Waals surface area contributed by atoms with Crippen LogP contribution in [0.5, 0.6) is 0 Å². The largest absolute Gasteiger partial charge is 0.445 e. The van der Waals surface area contributed by atoms with Crippen LogP contribution in [-0.2, 0) is 22.5 Å². The number of aryl methyl sites for hydroxylation is 1. The van der Waals surface area contributed by atoms with Crippen LogP contribution in [-0.4, -0.2) is 33.6 Å². The van der Waals surface area contributed by atoms with E-state index in [2.05, 4.69) is 14.9 Å². The average Bonchev–Trinajstić information content (AvgIpc) is 3.08. The first-order valence-electron chi connectivity index (χ1n) is 9.06. The minimum Gasteiger partial charge on any atom is -0.445 e. The molecule has 0 radical (unpaired) electrons. The molecule has 1 atom stereocenters. The van der Waals surface area contributed by atoms with E-state index in [-0.39, 0.29) is 5.91 Å². The van der Waals surface area contributed by atoms with Crippen LogP contribution in [0.4, 0.5) is 0 Å². The maximum Gasteiger partial charge on any atom is 0.339 e. The first-order chi connectivity index (χ1) is 13.1. The summed E-state index contributed by atoms with van der Waals surface area (Å²) < 4.78 is 7.53. The number of fused-ring (bicyclic) bond motifs is 2. The van der Waals surface area contributed by atoms with Gasteiger partial charge < -0.3 is 14.6 Å². The number of esters is 1. The number of nitrogens with one attached hydrogen (secondary N) is 1. The molecular weight excluding hydrogens is 342 g/mol. The van der Waals surface area contributed by atoms with Gasteiger partial charge >= 0.3 is 5.97 Å². The Balaban J connectivity index is 1.35. The molecular formula is C21H21N3O3.